The molecule has 272 valence electrons. The fourth-order valence-corrected chi connectivity index (χ4v) is 4.85. The highest BCUT2D eigenvalue weighted by Gasteiger charge is 2.27. The van der Waals surface area contributed by atoms with Gasteiger partial charge in [0.25, 0.3) is 5.91 Å². The highest BCUT2D eigenvalue weighted by Crippen LogP contribution is 2.22. The summed E-state index contributed by atoms with van der Waals surface area (Å²) >= 11 is 0. The second-order valence-electron chi connectivity index (χ2n) is 12.7. The van der Waals surface area contributed by atoms with Crippen molar-refractivity contribution >= 4 is 23.7 Å². The van der Waals surface area contributed by atoms with Gasteiger partial charge in [-0.1, -0.05) is 77.1 Å². The third-order valence-electron chi connectivity index (χ3n) is 7.92. The van der Waals surface area contributed by atoms with Crippen molar-refractivity contribution in [2.45, 2.75) is 78.0 Å². The van der Waals surface area contributed by atoms with Crippen LogP contribution in [0.3, 0.4) is 0 Å². The van der Waals surface area contributed by atoms with Crippen molar-refractivity contribution in [2.24, 2.45) is 0 Å². The van der Waals surface area contributed by atoms with Crippen molar-refractivity contribution in [1.29, 1.82) is 0 Å². The van der Waals surface area contributed by atoms with E-state index >= 15 is 0 Å². The maximum Gasteiger partial charge on any atom is 0.331 e. The number of carbonyl (C=O) groups is 4. The first-order valence-corrected chi connectivity index (χ1v) is 17.2. The molecule has 4 N–H and O–H groups in total. The van der Waals surface area contributed by atoms with Crippen molar-refractivity contribution < 1.29 is 38.5 Å². The second-order valence-corrected chi connectivity index (χ2v) is 12.7. The predicted octanol–water partition coefficient (Wildman–Crippen LogP) is 2.96. The number of unbranched alkanes of at least 4 members (excludes halogenated alkanes) is 1. The Hall–Kier alpha value is -3.84. The molecule has 0 aliphatic rings. The van der Waals surface area contributed by atoms with Gasteiger partial charge in [-0.3, -0.25) is 14.4 Å². The highest BCUT2D eigenvalue weighted by atomic mass is 16.5. The average Bonchev–Trinajstić information content (AvgIpc) is 3.10. The number of benzene rings is 2. The number of rotatable bonds is 23. The van der Waals surface area contributed by atoms with E-state index in [2.05, 4.69) is 55.5 Å². The van der Waals surface area contributed by atoms with E-state index in [4.69, 9.17) is 14.2 Å². The van der Waals surface area contributed by atoms with Crippen molar-refractivity contribution in [3.63, 3.8) is 0 Å². The Balaban J connectivity index is 1.76. The monoisotopic (exact) mass is 684 g/mol. The van der Waals surface area contributed by atoms with Crippen LogP contribution in [0.1, 0.15) is 75.4 Å². The summed E-state index contributed by atoms with van der Waals surface area (Å²) in [6.07, 6.45) is 1.82. The van der Waals surface area contributed by atoms with Gasteiger partial charge in [-0.2, -0.15) is 0 Å². The Labute approximate surface area is 291 Å². The maximum atomic E-state index is 13.2. The lowest BCUT2D eigenvalue weighted by Gasteiger charge is -2.22. The Kier molecular flexibility index (Phi) is 19.2. The summed E-state index contributed by atoms with van der Waals surface area (Å²) in [5.74, 6) is -2.05. The zero-order chi connectivity index (χ0) is 36.1. The number of carbonyl (C=O) groups excluding carboxylic acids is 4. The van der Waals surface area contributed by atoms with E-state index in [0.29, 0.717) is 24.9 Å². The molecule has 3 amide bonds. The van der Waals surface area contributed by atoms with E-state index in [1.54, 1.807) is 12.1 Å². The van der Waals surface area contributed by atoms with Gasteiger partial charge in [0.1, 0.15) is 19.3 Å². The minimum absolute atomic E-state index is 0.000508. The molecule has 0 saturated heterocycles. The zero-order valence-electron chi connectivity index (χ0n) is 29.8. The molecular weight excluding hydrogens is 628 g/mol. The van der Waals surface area contributed by atoms with Crippen LogP contribution in [0.2, 0.25) is 0 Å². The van der Waals surface area contributed by atoms with Crippen molar-refractivity contribution in [1.82, 2.24) is 20.9 Å². The number of nitrogens with zero attached hydrogens (tertiary/aromatic N) is 1. The number of hydrogen-bond donors (Lipinski definition) is 4. The minimum Gasteiger partial charge on any atom is -0.459 e. The Morgan fingerprint density at radius 2 is 1.51 bits per heavy atom. The molecule has 2 rings (SSSR count). The summed E-state index contributed by atoms with van der Waals surface area (Å²) in [6.45, 7) is 13.2. The smallest absolute Gasteiger partial charge is 0.331 e. The SMILES string of the molecule is CCN(CC)CCCC[C@H](NC(=O)COCCOCCNC(=O)c1ccc(C(C)(C)C)cc1)C(=O)N[C@@H](CO)C(=O)OCc1ccccc1. The second kappa shape index (κ2) is 22.7. The van der Waals surface area contributed by atoms with Gasteiger partial charge in [0.2, 0.25) is 11.8 Å². The summed E-state index contributed by atoms with van der Waals surface area (Å²) in [6, 6.07) is 14.4. The number of amides is 3. The standard InChI is InChI=1S/C37H56N4O8/c1-6-41(7-2)21-12-11-15-31(35(45)40-32(25-42)36(46)49-26-28-13-9-8-10-14-28)39-33(43)27-48-24-23-47-22-20-38-34(44)29-16-18-30(19-17-29)37(3,4)5/h8-10,13-14,16-19,31-32,42H,6-7,11-12,15,20-27H2,1-5H3,(H,38,44)(H,39,43)(H,40,45)/t31-,32-/m0/s1. The quantitative estimate of drug-likeness (QED) is 0.102. The van der Waals surface area contributed by atoms with Gasteiger partial charge in [-0.25, -0.2) is 4.79 Å². The molecule has 12 nitrogen and oxygen atoms in total. The molecule has 0 radical (unpaired) electrons. The van der Waals surface area contributed by atoms with Crippen LogP contribution in [-0.4, -0.2) is 105 Å². The fourth-order valence-electron chi connectivity index (χ4n) is 4.85. The number of hydrogen-bond acceptors (Lipinski definition) is 9. The number of ether oxygens (including phenoxy) is 3. The highest BCUT2D eigenvalue weighted by molar-refractivity contribution is 5.94. The van der Waals surface area contributed by atoms with E-state index < -0.39 is 36.5 Å². The van der Waals surface area contributed by atoms with Gasteiger partial charge in [0, 0.05) is 12.1 Å². The maximum absolute atomic E-state index is 13.2. The van der Waals surface area contributed by atoms with E-state index in [1.165, 1.54) is 0 Å². The molecule has 2 atom stereocenters. The number of aliphatic hydroxyl groups is 1. The van der Waals surface area contributed by atoms with Crippen LogP contribution in [0, 0.1) is 0 Å². The average molecular weight is 685 g/mol. The molecule has 12 heteroatoms. The lowest BCUT2D eigenvalue weighted by molar-refractivity contribution is -0.150. The fraction of sp³-hybridized carbons (Fsp3) is 0.568. The first-order valence-electron chi connectivity index (χ1n) is 17.2. The van der Waals surface area contributed by atoms with Crippen LogP contribution in [-0.2, 0) is 40.6 Å². The van der Waals surface area contributed by atoms with Crippen molar-refractivity contribution in [3.8, 4) is 0 Å². The van der Waals surface area contributed by atoms with E-state index in [1.807, 2.05) is 42.5 Å². The van der Waals surface area contributed by atoms with Crippen LogP contribution < -0.4 is 16.0 Å². The summed E-state index contributed by atoms with van der Waals surface area (Å²) in [4.78, 5) is 53.1. The van der Waals surface area contributed by atoms with Gasteiger partial charge < -0.3 is 40.2 Å². The van der Waals surface area contributed by atoms with Gasteiger partial charge in [0.05, 0.1) is 26.4 Å². The largest absolute Gasteiger partial charge is 0.459 e. The molecule has 2 aromatic carbocycles. The molecule has 0 aliphatic carbocycles. The zero-order valence-corrected chi connectivity index (χ0v) is 29.8. The molecule has 0 saturated carbocycles. The lowest BCUT2D eigenvalue weighted by atomic mass is 9.87. The number of esters is 1. The minimum atomic E-state index is -1.28. The molecule has 0 spiro atoms. The van der Waals surface area contributed by atoms with Crippen LogP contribution in [0.5, 0.6) is 0 Å². The normalized spacial score (nSPS) is 12.6. The first kappa shape index (κ1) is 41.3. The molecule has 0 bridgehead atoms. The summed E-state index contributed by atoms with van der Waals surface area (Å²) in [5, 5.41) is 17.8. The third-order valence-corrected chi connectivity index (χ3v) is 7.92. The molecule has 0 unspecified atom stereocenters. The van der Waals surface area contributed by atoms with Gasteiger partial charge in [-0.05, 0) is 67.6 Å². The molecular formula is C37H56N4O8. The molecule has 0 aromatic heterocycles. The molecule has 0 fully saturated rings. The molecule has 49 heavy (non-hydrogen) atoms. The van der Waals surface area contributed by atoms with Gasteiger partial charge in [-0.15, -0.1) is 0 Å². The first-order chi connectivity index (χ1) is 23.5. The van der Waals surface area contributed by atoms with Crippen molar-refractivity contribution in [3.05, 3.63) is 71.3 Å². The Bertz CT molecular complexity index is 1260. The van der Waals surface area contributed by atoms with Crippen molar-refractivity contribution in [2.75, 3.05) is 59.2 Å². The molecule has 0 aliphatic heterocycles. The van der Waals surface area contributed by atoms with Crippen LogP contribution >= 0.6 is 0 Å². The van der Waals surface area contributed by atoms with E-state index in [-0.39, 0.29) is 44.4 Å². The van der Waals surface area contributed by atoms with E-state index in [0.717, 1.165) is 37.2 Å². The molecule has 0 heterocycles. The number of aliphatic hydroxyl groups excluding tert-OH is 1. The molecule has 2 aromatic rings. The van der Waals surface area contributed by atoms with Gasteiger partial charge >= 0.3 is 5.97 Å². The topological polar surface area (TPSA) is 156 Å². The lowest BCUT2D eigenvalue weighted by Crippen LogP contribution is -2.53. The van der Waals surface area contributed by atoms with Crippen LogP contribution in [0.25, 0.3) is 0 Å². The predicted molar refractivity (Wildman–Crippen MR) is 188 cm³/mol. The van der Waals surface area contributed by atoms with Crippen LogP contribution in [0.15, 0.2) is 54.6 Å². The Morgan fingerprint density at radius 3 is 2.14 bits per heavy atom. The Morgan fingerprint density at radius 1 is 0.837 bits per heavy atom. The van der Waals surface area contributed by atoms with Crippen LogP contribution in [0.4, 0.5) is 0 Å². The summed E-state index contributed by atoms with van der Waals surface area (Å²) in [7, 11) is 0. The summed E-state index contributed by atoms with van der Waals surface area (Å²) < 4.78 is 16.2. The number of nitrogens with one attached hydrogen (secondary N) is 3. The third kappa shape index (κ3) is 16.4. The van der Waals surface area contributed by atoms with Gasteiger partial charge in [0.15, 0.2) is 6.04 Å². The summed E-state index contributed by atoms with van der Waals surface area (Å²) in [5.41, 5.74) is 2.51. The van der Waals surface area contributed by atoms with E-state index in [9.17, 15) is 24.3 Å².